The molecule has 0 radical (unpaired) electrons. The lowest BCUT2D eigenvalue weighted by molar-refractivity contribution is 1.07. The highest BCUT2D eigenvalue weighted by molar-refractivity contribution is 5.58. The summed E-state index contributed by atoms with van der Waals surface area (Å²) in [6.07, 6.45) is 3.39. The molecule has 0 aliphatic heterocycles. The molecule has 1 aromatic heterocycles. The Kier molecular flexibility index (Phi) is 2.90. The lowest BCUT2D eigenvalue weighted by Crippen LogP contribution is -2.03. The largest absolute Gasteiger partial charge is 0.326 e. The van der Waals surface area contributed by atoms with Crippen LogP contribution in [-0.2, 0) is 6.54 Å². The zero-order valence-corrected chi connectivity index (χ0v) is 8.22. The van der Waals surface area contributed by atoms with Gasteiger partial charge < -0.3 is 11.1 Å². The SMILES string of the molecule is NCc1ccccc1Nc1ncccn1. The van der Waals surface area contributed by atoms with Gasteiger partial charge in [-0.1, -0.05) is 18.2 Å². The monoisotopic (exact) mass is 200 g/mol. The number of benzene rings is 1. The highest BCUT2D eigenvalue weighted by Crippen LogP contribution is 2.17. The topological polar surface area (TPSA) is 63.8 Å². The quantitative estimate of drug-likeness (QED) is 0.791. The molecule has 0 aliphatic carbocycles. The van der Waals surface area contributed by atoms with E-state index < -0.39 is 0 Å². The minimum absolute atomic E-state index is 0.496. The number of para-hydroxylation sites is 1. The lowest BCUT2D eigenvalue weighted by atomic mass is 10.2. The molecule has 2 aromatic rings. The molecule has 0 saturated heterocycles. The molecule has 3 N–H and O–H groups in total. The second-order valence-corrected chi connectivity index (χ2v) is 3.06. The number of hydrogen-bond acceptors (Lipinski definition) is 4. The minimum Gasteiger partial charge on any atom is -0.326 e. The number of aromatic nitrogens is 2. The second kappa shape index (κ2) is 4.52. The second-order valence-electron chi connectivity index (χ2n) is 3.06. The number of anilines is 2. The van der Waals surface area contributed by atoms with Gasteiger partial charge >= 0.3 is 0 Å². The molecule has 0 saturated carbocycles. The van der Waals surface area contributed by atoms with Gasteiger partial charge in [0, 0.05) is 24.6 Å². The first-order valence-corrected chi connectivity index (χ1v) is 4.72. The number of nitrogens with zero attached hydrogens (tertiary/aromatic N) is 2. The standard InChI is InChI=1S/C11H12N4/c12-8-9-4-1-2-5-10(9)15-11-13-6-3-7-14-11/h1-7H,8,12H2,(H,13,14,15). The van der Waals surface area contributed by atoms with Crippen LogP contribution in [0.4, 0.5) is 11.6 Å². The van der Waals surface area contributed by atoms with E-state index in [1.165, 1.54) is 0 Å². The van der Waals surface area contributed by atoms with Crippen molar-refractivity contribution in [2.45, 2.75) is 6.54 Å². The van der Waals surface area contributed by atoms with Crippen molar-refractivity contribution in [1.29, 1.82) is 0 Å². The van der Waals surface area contributed by atoms with Gasteiger partial charge in [0.25, 0.3) is 0 Å². The molecular weight excluding hydrogens is 188 g/mol. The Morgan fingerprint density at radius 3 is 2.53 bits per heavy atom. The fourth-order valence-corrected chi connectivity index (χ4v) is 1.30. The first kappa shape index (κ1) is 9.61. The molecule has 15 heavy (non-hydrogen) atoms. The van der Waals surface area contributed by atoms with Gasteiger partial charge in [-0.3, -0.25) is 0 Å². The van der Waals surface area contributed by atoms with E-state index in [1.54, 1.807) is 18.5 Å². The van der Waals surface area contributed by atoms with Crippen molar-refractivity contribution in [3.63, 3.8) is 0 Å². The summed E-state index contributed by atoms with van der Waals surface area (Å²) in [5.41, 5.74) is 7.62. The molecule has 4 nitrogen and oxygen atoms in total. The molecule has 76 valence electrons. The van der Waals surface area contributed by atoms with Gasteiger partial charge in [-0.2, -0.15) is 0 Å². The third kappa shape index (κ3) is 2.30. The van der Waals surface area contributed by atoms with Crippen molar-refractivity contribution in [2.75, 3.05) is 5.32 Å². The van der Waals surface area contributed by atoms with Crippen molar-refractivity contribution in [3.8, 4) is 0 Å². The van der Waals surface area contributed by atoms with E-state index in [1.807, 2.05) is 24.3 Å². The van der Waals surface area contributed by atoms with E-state index >= 15 is 0 Å². The smallest absolute Gasteiger partial charge is 0.227 e. The van der Waals surface area contributed by atoms with Crippen LogP contribution in [0.5, 0.6) is 0 Å². The fraction of sp³-hybridized carbons (Fsp3) is 0.0909. The average molecular weight is 200 g/mol. The highest BCUT2D eigenvalue weighted by Gasteiger charge is 2.00. The van der Waals surface area contributed by atoms with Crippen molar-refractivity contribution in [1.82, 2.24) is 9.97 Å². The van der Waals surface area contributed by atoms with E-state index in [0.717, 1.165) is 11.3 Å². The molecule has 0 atom stereocenters. The maximum absolute atomic E-state index is 5.62. The molecule has 2 rings (SSSR count). The van der Waals surface area contributed by atoms with Gasteiger partial charge in [0.2, 0.25) is 5.95 Å². The average Bonchev–Trinajstić information content (AvgIpc) is 2.31. The third-order valence-corrected chi connectivity index (χ3v) is 2.05. The first-order valence-electron chi connectivity index (χ1n) is 4.72. The Bertz CT molecular complexity index is 428. The molecule has 0 spiro atoms. The van der Waals surface area contributed by atoms with Crippen LogP contribution < -0.4 is 11.1 Å². The Morgan fingerprint density at radius 2 is 1.80 bits per heavy atom. The van der Waals surface area contributed by atoms with Gasteiger partial charge in [0.15, 0.2) is 0 Å². The normalized spacial score (nSPS) is 9.93. The van der Waals surface area contributed by atoms with E-state index in [9.17, 15) is 0 Å². The Labute approximate surface area is 88.2 Å². The summed E-state index contributed by atoms with van der Waals surface area (Å²) in [4.78, 5) is 8.17. The summed E-state index contributed by atoms with van der Waals surface area (Å²) in [5, 5.41) is 3.12. The zero-order chi connectivity index (χ0) is 10.5. The van der Waals surface area contributed by atoms with E-state index in [4.69, 9.17) is 5.73 Å². The van der Waals surface area contributed by atoms with Crippen LogP contribution in [0.1, 0.15) is 5.56 Å². The molecule has 0 amide bonds. The molecule has 1 aromatic carbocycles. The summed E-state index contributed by atoms with van der Waals surface area (Å²) >= 11 is 0. The number of nitrogens with one attached hydrogen (secondary N) is 1. The Hall–Kier alpha value is -1.94. The van der Waals surface area contributed by atoms with Crippen LogP contribution in [0.15, 0.2) is 42.7 Å². The molecular formula is C11H12N4. The Morgan fingerprint density at radius 1 is 1.07 bits per heavy atom. The van der Waals surface area contributed by atoms with E-state index in [-0.39, 0.29) is 0 Å². The fourth-order valence-electron chi connectivity index (χ4n) is 1.30. The maximum atomic E-state index is 5.62. The van der Waals surface area contributed by atoms with E-state index in [0.29, 0.717) is 12.5 Å². The minimum atomic E-state index is 0.496. The summed E-state index contributed by atoms with van der Waals surface area (Å²) in [6, 6.07) is 9.62. The maximum Gasteiger partial charge on any atom is 0.227 e. The van der Waals surface area contributed by atoms with Gasteiger partial charge in [-0.15, -0.1) is 0 Å². The van der Waals surface area contributed by atoms with Gasteiger partial charge in [0.1, 0.15) is 0 Å². The van der Waals surface area contributed by atoms with Crippen LogP contribution in [0.25, 0.3) is 0 Å². The van der Waals surface area contributed by atoms with Crippen LogP contribution >= 0.6 is 0 Å². The molecule has 0 bridgehead atoms. The van der Waals surface area contributed by atoms with Crippen molar-refractivity contribution in [3.05, 3.63) is 48.3 Å². The van der Waals surface area contributed by atoms with Crippen molar-refractivity contribution in [2.24, 2.45) is 5.73 Å². The van der Waals surface area contributed by atoms with Crippen molar-refractivity contribution < 1.29 is 0 Å². The van der Waals surface area contributed by atoms with Crippen LogP contribution in [0, 0.1) is 0 Å². The van der Waals surface area contributed by atoms with Gasteiger partial charge in [-0.05, 0) is 17.7 Å². The van der Waals surface area contributed by atoms with Gasteiger partial charge in [0.05, 0.1) is 0 Å². The predicted octanol–water partition coefficient (Wildman–Crippen LogP) is 1.68. The molecule has 1 heterocycles. The van der Waals surface area contributed by atoms with Crippen LogP contribution in [0.2, 0.25) is 0 Å². The number of hydrogen-bond donors (Lipinski definition) is 2. The van der Waals surface area contributed by atoms with Crippen molar-refractivity contribution >= 4 is 11.6 Å². The molecule has 4 heteroatoms. The first-order chi connectivity index (χ1) is 7.40. The zero-order valence-electron chi connectivity index (χ0n) is 8.22. The van der Waals surface area contributed by atoms with Crippen LogP contribution in [0.3, 0.4) is 0 Å². The van der Waals surface area contributed by atoms with Crippen LogP contribution in [-0.4, -0.2) is 9.97 Å². The molecule has 0 unspecified atom stereocenters. The highest BCUT2D eigenvalue weighted by atomic mass is 15.1. The molecule has 0 aliphatic rings. The molecule has 0 fully saturated rings. The summed E-state index contributed by atoms with van der Waals surface area (Å²) in [6.45, 7) is 0.496. The third-order valence-electron chi connectivity index (χ3n) is 2.05. The van der Waals surface area contributed by atoms with Gasteiger partial charge in [-0.25, -0.2) is 9.97 Å². The summed E-state index contributed by atoms with van der Waals surface area (Å²) in [7, 11) is 0. The van der Waals surface area contributed by atoms with E-state index in [2.05, 4.69) is 15.3 Å². The lowest BCUT2D eigenvalue weighted by Gasteiger charge is -2.08. The predicted molar refractivity (Wildman–Crippen MR) is 59.6 cm³/mol. The number of rotatable bonds is 3. The summed E-state index contributed by atoms with van der Waals surface area (Å²) < 4.78 is 0. The summed E-state index contributed by atoms with van der Waals surface area (Å²) in [5.74, 6) is 0.582. The Balaban J connectivity index is 2.24. The number of nitrogens with two attached hydrogens (primary N) is 1.